The van der Waals surface area contributed by atoms with Gasteiger partial charge < -0.3 is 14.8 Å². The van der Waals surface area contributed by atoms with Crippen LogP contribution in [0, 0.1) is 11.3 Å². The van der Waals surface area contributed by atoms with Crippen LogP contribution in [0.25, 0.3) is 0 Å². The molecule has 0 saturated heterocycles. The summed E-state index contributed by atoms with van der Waals surface area (Å²) in [5.74, 6) is -0.755. The number of amides is 1. The number of hydrogen-bond donors (Lipinski definition) is 1. The lowest BCUT2D eigenvalue weighted by Gasteiger charge is -2.09. The SMILES string of the molecule is COC(=O)c1cc(NC(=O)CSCc2ccc(C#N)cc2)cc(C(=O)OC)c1. The Balaban J connectivity index is 2.00. The van der Waals surface area contributed by atoms with Gasteiger partial charge in [-0.25, -0.2) is 9.59 Å². The molecule has 0 atom stereocenters. The van der Waals surface area contributed by atoms with Crippen molar-refractivity contribution in [1.29, 1.82) is 5.26 Å². The van der Waals surface area contributed by atoms with E-state index in [1.165, 1.54) is 44.2 Å². The maximum Gasteiger partial charge on any atom is 0.337 e. The molecule has 0 aromatic heterocycles. The largest absolute Gasteiger partial charge is 0.465 e. The number of methoxy groups -OCH3 is 2. The van der Waals surface area contributed by atoms with E-state index in [4.69, 9.17) is 5.26 Å². The molecule has 7 nitrogen and oxygen atoms in total. The van der Waals surface area contributed by atoms with Crippen molar-refractivity contribution >= 4 is 35.3 Å². The van der Waals surface area contributed by atoms with Gasteiger partial charge in [0.05, 0.1) is 42.7 Å². The molecule has 1 N–H and O–H groups in total. The highest BCUT2D eigenvalue weighted by Crippen LogP contribution is 2.18. The van der Waals surface area contributed by atoms with Gasteiger partial charge in [0.1, 0.15) is 0 Å². The number of carbonyl (C=O) groups excluding carboxylic acids is 3. The number of anilines is 1. The topological polar surface area (TPSA) is 105 Å². The van der Waals surface area contributed by atoms with Gasteiger partial charge in [-0.3, -0.25) is 4.79 Å². The van der Waals surface area contributed by atoms with Crippen LogP contribution in [-0.4, -0.2) is 37.8 Å². The fourth-order valence-electron chi connectivity index (χ4n) is 2.31. The third-order valence-electron chi connectivity index (χ3n) is 3.64. The van der Waals surface area contributed by atoms with Crippen molar-refractivity contribution in [2.45, 2.75) is 5.75 Å². The molecule has 0 bridgehead atoms. The van der Waals surface area contributed by atoms with Crippen LogP contribution in [0.1, 0.15) is 31.8 Å². The Labute approximate surface area is 166 Å². The Hall–Kier alpha value is -3.31. The molecular weight excluding hydrogens is 380 g/mol. The summed E-state index contributed by atoms with van der Waals surface area (Å²) in [6.07, 6.45) is 0. The molecule has 8 heteroatoms. The summed E-state index contributed by atoms with van der Waals surface area (Å²) in [5.41, 5.74) is 2.14. The molecule has 144 valence electrons. The van der Waals surface area contributed by atoms with Crippen LogP contribution in [0.2, 0.25) is 0 Å². The summed E-state index contributed by atoms with van der Waals surface area (Å²) in [6.45, 7) is 0. The lowest BCUT2D eigenvalue weighted by atomic mass is 10.1. The summed E-state index contributed by atoms with van der Waals surface area (Å²) in [7, 11) is 2.45. The second-order valence-corrected chi connectivity index (χ2v) is 6.62. The lowest BCUT2D eigenvalue weighted by Crippen LogP contribution is -2.16. The fraction of sp³-hybridized carbons (Fsp3) is 0.200. The first kappa shape index (κ1) is 21.0. The number of hydrogen-bond acceptors (Lipinski definition) is 7. The summed E-state index contributed by atoms with van der Waals surface area (Å²) >= 11 is 1.40. The van der Waals surface area contributed by atoms with E-state index < -0.39 is 11.9 Å². The molecule has 1 amide bonds. The van der Waals surface area contributed by atoms with Crippen LogP contribution >= 0.6 is 11.8 Å². The molecule has 28 heavy (non-hydrogen) atoms. The standard InChI is InChI=1S/C20H18N2O5S/c1-26-19(24)15-7-16(20(25)27-2)9-17(8-15)22-18(23)12-28-11-14-5-3-13(10-21)4-6-14/h3-9H,11-12H2,1-2H3,(H,22,23). The van der Waals surface area contributed by atoms with Gasteiger partial charge >= 0.3 is 11.9 Å². The molecular formula is C20H18N2O5S. The lowest BCUT2D eigenvalue weighted by molar-refractivity contribution is -0.113. The predicted molar refractivity (Wildman–Crippen MR) is 105 cm³/mol. The maximum absolute atomic E-state index is 12.2. The van der Waals surface area contributed by atoms with Crippen molar-refractivity contribution in [1.82, 2.24) is 0 Å². The average molecular weight is 398 g/mol. The number of esters is 2. The molecule has 0 heterocycles. The number of benzene rings is 2. The average Bonchev–Trinajstić information content (AvgIpc) is 2.72. The van der Waals surface area contributed by atoms with Crippen molar-refractivity contribution in [2.75, 3.05) is 25.3 Å². The highest BCUT2D eigenvalue weighted by atomic mass is 32.2. The first-order chi connectivity index (χ1) is 13.5. The van der Waals surface area contributed by atoms with Gasteiger partial charge in [0, 0.05) is 11.4 Å². The molecule has 0 radical (unpaired) electrons. The fourth-order valence-corrected chi connectivity index (χ4v) is 3.09. The van der Waals surface area contributed by atoms with Crippen molar-refractivity contribution in [2.24, 2.45) is 0 Å². The normalized spacial score (nSPS) is 9.89. The molecule has 2 aromatic carbocycles. The van der Waals surface area contributed by atoms with Crippen LogP contribution in [0.4, 0.5) is 5.69 Å². The Morgan fingerprint density at radius 1 is 1.00 bits per heavy atom. The number of nitrogens with zero attached hydrogens (tertiary/aromatic N) is 1. The van der Waals surface area contributed by atoms with Crippen molar-refractivity contribution in [3.8, 4) is 6.07 Å². The molecule has 0 spiro atoms. The third kappa shape index (κ3) is 5.86. The van der Waals surface area contributed by atoms with E-state index in [0.29, 0.717) is 17.0 Å². The second kappa shape index (κ2) is 10.1. The van der Waals surface area contributed by atoms with Gasteiger partial charge in [0.15, 0.2) is 0 Å². The van der Waals surface area contributed by atoms with Gasteiger partial charge in [0.25, 0.3) is 0 Å². The van der Waals surface area contributed by atoms with E-state index in [2.05, 4.69) is 20.9 Å². The zero-order chi connectivity index (χ0) is 20.5. The van der Waals surface area contributed by atoms with E-state index >= 15 is 0 Å². The van der Waals surface area contributed by atoms with Crippen molar-refractivity contribution < 1.29 is 23.9 Å². The highest BCUT2D eigenvalue weighted by Gasteiger charge is 2.15. The third-order valence-corrected chi connectivity index (χ3v) is 4.65. The van der Waals surface area contributed by atoms with Crippen LogP contribution in [0.3, 0.4) is 0 Å². The Morgan fingerprint density at radius 2 is 1.57 bits per heavy atom. The van der Waals surface area contributed by atoms with Crippen molar-refractivity contribution in [3.05, 3.63) is 64.7 Å². The van der Waals surface area contributed by atoms with Gasteiger partial charge in [-0.1, -0.05) is 12.1 Å². The van der Waals surface area contributed by atoms with E-state index in [1.807, 2.05) is 12.1 Å². The summed E-state index contributed by atoms with van der Waals surface area (Å²) in [5, 5.41) is 11.5. The number of nitriles is 1. The molecule has 0 fully saturated rings. The maximum atomic E-state index is 12.2. The molecule has 2 rings (SSSR count). The second-order valence-electron chi connectivity index (χ2n) is 5.63. The molecule has 0 aliphatic heterocycles. The van der Waals surface area contributed by atoms with Crippen LogP contribution in [0.15, 0.2) is 42.5 Å². The molecule has 0 saturated carbocycles. The Morgan fingerprint density at radius 3 is 2.07 bits per heavy atom. The van der Waals surface area contributed by atoms with Crippen LogP contribution in [-0.2, 0) is 20.0 Å². The van der Waals surface area contributed by atoms with Crippen LogP contribution < -0.4 is 5.32 Å². The Kier molecular flexibility index (Phi) is 7.60. The Bertz CT molecular complexity index is 885. The smallest absolute Gasteiger partial charge is 0.337 e. The first-order valence-corrected chi connectivity index (χ1v) is 9.30. The zero-order valence-corrected chi connectivity index (χ0v) is 16.2. The monoisotopic (exact) mass is 398 g/mol. The van der Waals surface area contributed by atoms with Crippen LogP contribution in [0.5, 0.6) is 0 Å². The van der Waals surface area contributed by atoms with Gasteiger partial charge in [-0.15, -0.1) is 11.8 Å². The molecule has 0 aliphatic rings. The number of carbonyl (C=O) groups is 3. The molecule has 0 unspecified atom stereocenters. The predicted octanol–water partition coefficient (Wildman–Crippen LogP) is 3.00. The first-order valence-electron chi connectivity index (χ1n) is 8.15. The zero-order valence-electron chi connectivity index (χ0n) is 15.4. The highest BCUT2D eigenvalue weighted by molar-refractivity contribution is 7.99. The quantitative estimate of drug-likeness (QED) is 0.715. The minimum absolute atomic E-state index is 0.130. The summed E-state index contributed by atoms with van der Waals surface area (Å²) in [4.78, 5) is 35.8. The van der Waals surface area contributed by atoms with E-state index in [9.17, 15) is 14.4 Å². The number of thioether (sulfide) groups is 1. The minimum atomic E-state index is -0.628. The van der Waals surface area contributed by atoms with Gasteiger partial charge in [0.2, 0.25) is 5.91 Å². The summed E-state index contributed by atoms with van der Waals surface area (Å²) in [6, 6.07) is 13.4. The van der Waals surface area contributed by atoms with E-state index in [-0.39, 0.29) is 22.8 Å². The number of rotatable bonds is 7. The van der Waals surface area contributed by atoms with Gasteiger partial charge in [-0.2, -0.15) is 5.26 Å². The molecule has 2 aromatic rings. The number of nitrogens with one attached hydrogen (secondary N) is 1. The summed E-state index contributed by atoms with van der Waals surface area (Å²) < 4.78 is 9.33. The number of ether oxygens (including phenoxy) is 2. The van der Waals surface area contributed by atoms with Crippen molar-refractivity contribution in [3.63, 3.8) is 0 Å². The van der Waals surface area contributed by atoms with E-state index in [1.54, 1.807) is 12.1 Å². The minimum Gasteiger partial charge on any atom is -0.465 e. The van der Waals surface area contributed by atoms with E-state index in [0.717, 1.165) is 5.56 Å². The molecule has 0 aliphatic carbocycles. The van der Waals surface area contributed by atoms with Gasteiger partial charge in [-0.05, 0) is 35.9 Å².